The summed E-state index contributed by atoms with van der Waals surface area (Å²) in [5.74, 6) is 1.08. The van der Waals surface area contributed by atoms with E-state index in [0.717, 1.165) is 25.3 Å². The maximum Gasteiger partial charge on any atom is 0.124 e. The van der Waals surface area contributed by atoms with Crippen LogP contribution in [0.4, 0.5) is 0 Å². The first-order valence-electron chi connectivity index (χ1n) is 7.97. The molecule has 2 nitrogen and oxygen atoms in total. The molecule has 0 N–H and O–H groups in total. The lowest BCUT2D eigenvalue weighted by atomic mass is 9.90. The quantitative estimate of drug-likeness (QED) is 0.775. The van der Waals surface area contributed by atoms with Gasteiger partial charge >= 0.3 is 0 Å². The van der Waals surface area contributed by atoms with Gasteiger partial charge in [-0.15, -0.1) is 0 Å². The zero-order valence-electron chi connectivity index (χ0n) is 13.5. The highest BCUT2D eigenvalue weighted by Gasteiger charge is 2.25. The Labute approximate surface area is 124 Å². The zero-order valence-corrected chi connectivity index (χ0v) is 13.5. The first-order chi connectivity index (χ1) is 9.51. The Bertz CT molecular complexity index is 422. The number of nitrogens with zero attached hydrogens (tertiary/aromatic N) is 1. The van der Waals surface area contributed by atoms with Gasteiger partial charge in [0, 0.05) is 18.0 Å². The molecule has 0 radical (unpaired) electrons. The van der Waals surface area contributed by atoms with E-state index in [9.17, 15) is 0 Å². The molecule has 0 spiro atoms. The Morgan fingerprint density at radius 2 is 2.00 bits per heavy atom. The second-order valence-corrected chi connectivity index (χ2v) is 6.98. The van der Waals surface area contributed by atoms with Crippen LogP contribution in [0.1, 0.15) is 58.6 Å². The summed E-state index contributed by atoms with van der Waals surface area (Å²) >= 11 is 0. The van der Waals surface area contributed by atoms with Gasteiger partial charge in [-0.2, -0.15) is 0 Å². The van der Waals surface area contributed by atoms with Crippen molar-refractivity contribution in [2.24, 2.45) is 5.41 Å². The molecular weight excluding hydrogens is 246 g/mol. The van der Waals surface area contributed by atoms with E-state index in [1.54, 1.807) is 0 Å². The predicted molar refractivity (Wildman–Crippen MR) is 85.2 cm³/mol. The summed E-state index contributed by atoms with van der Waals surface area (Å²) in [6.07, 6.45) is 3.67. The minimum atomic E-state index is 0.437. The Kier molecular flexibility index (Phi) is 5.09. The second-order valence-electron chi connectivity index (χ2n) is 6.98. The average molecular weight is 275 g/mol. The van der Waals surface area contributed by atoms with E-state index >= 15 is 0 Å². The van der Waals surface area contributed by atoms with Crippen LogP contribution in [-0.4, -0.2) is 24.6 Å². The summed E-state index contributed by atoms with van der Waals surface area (Å²) < 4.78 is 5.78. The molecule has 1 aromatic rings. The number of benzene rings is 1. The molecule has 2 rings (SSSR count). The Balaban J connectivity index is 2.01. The number of rotatable bonds is 5. The van der Waals surface area contributed by atoms with Crippen molar-refractivity contribution in [1.29, 1.82) is 0 Å². The lowest BCUT2D eigenvalue weighted by molar-refractivity contribution is 0.139. The molecule has 20 heavy (non-hydrogen) atoms. The molecular formula is C18H29NO. The highest BCUT2D eigenvalue weighted by Crippen LogP contribution is 2.36. The molecule has 112 valence electrons. The number of hydrogen-bond acceptors (Lipinski definition) is 2. The van der Waals surface area contributed by atoms with Crippen molar-refractivity contribution in [3.63, 3.8) is 0 Å². The molecule has 0 fully saturated rings. The molecule has 0 saturated carbocycles. The highest BCUT2D eigenvalue weighted by molar-refractivity contribution is 5.37. The van der Waals surface area contributed by atoms with Gasteiger partial charge in [-0.25, -0.2) is 0 Å². The Morgan fingerprint density at radius 3 is 2.70 bits per heavy atom. The Hall–Kier alpha value is -1.02. The molecule has 0 aromatic heterocycles. The molecule has 1 aromatic carbocycles. The van der Waals surface area contributed by atoms with Gasteiger partial charge < -0.3 is 4.74 Å². The van der Waals surface area contributed by atoms with Crippen LogP contribution < -0.4 is 4.74 Å². The maximum absolute atomic E-state index is 5.78. The number of ether oxygens (including phenoxy) is 1. The fourth-order valence-corrected chi connectivity index (χ4v) is 3.05. The van der Waals surface area contributed by atoms with Crippen LogP contribution in [0.2, 0.25) is 0 Å². The molecule has 1 heterocycles. The van der Waals surface area contributed by atoms with Gasteiger partial charge in [-0.3, -0.25) is 4.90 Å². The van der Waals surface area contributed by atoms with E-state index in [4.69, 9.17) is 4.74 Å². The molecule has 2 heteroatoms. The van der Waals surface area contributed by atoms with Gasteiger partial charge in [0.15, 0.2) is 0 Å². The van der Waals surface area contributed by atoms with Crippen molar-refractivity contribution in [3.8, 4) is 5.75 Å². The first kappa shape index (κ1) is 15.4. The summed E-state index contributed by atoms with van der Waals surface area (Å²) in [6, 6.07) is 9.06. The largest absolute Gasteiger partial charge is 0.493 e. The van der Waals surface area contributed by atoms with E-state index in [0.29, 0.717) is 11.5 Å². The fraction of sp³-hybridized carbons (Fsp3) is 0.667. The topological polar surface area (TPSA) is 12.5 Å². The minimum absolute atomic E-state index is 0.437. The van der Waals surface area contributed by atoms with Gasteiger partial charge in [-0.1, -0.05) is 45.9 Å². The standard InChI is InChI=1S/C18H29NO/c1-5-19(13-8-12-18(2,3)4)16-11-14-20-17-10-7-6-9-15(16)17/h6-7,9-10,16H,5,8,11-14H2,1-4H3. The van der Waals surface area contributed by atoms with Crippen molar-refractivity contribution in [1.82, 2.24) is 4.90 Å². The molecule has 0 bridgehead atoms. The van der Waals surface area contributed by atoms with Crippen LogP contribution in [0.25, 0.3) is 0 Å². The van der Waals surface area contributed by atoms with E-state index in [-0.39, 0.29) is 0 Å². The van der Waals surface area contributed by atoms with Crippen LogP contribution in [0.15, 0.2) is 24.3 Å². The summed E-state index contributed by atoms with van der Waals surface area (Å²) in [5.41, 5.74) is 1.81. The summed E-state index contributed by atoms with van der Waals surface area (Å²) in [5, 5.41) is 0. The smallest absolute Gasteiger partial charge is 0.124 e. The fourth-order valence-electron chi connectivity index (χ4n) is 3.05. The summed E-state index contributed by atoms with van der Waals surface area (Å²) in [6.45, 7) is 12.4. The normalized spacial score (nSPS) is 18.8. The van der Waals surface area contributed by atoms with Crippen molar-refractivity contribution in [2.45, 2.75) is 53.0 Å². The van der Waals surface area contributed by atoms with Crippen molar-refractivity contribution >= 4 is 0 Å². The highest BCUT2D eigenvalue weighted by atomic mass is 16.5. The Morgan fingerprint density at radius 1 is 1.25 bits per heavy atom. The van der Waals surface area contributed by atoms with Crippen molar-refractivity contribution < 1.29 is 4.74 Å². The third-order valence-electron chi connectivity index (χ3n) is 4.15. The third kappa shape index (κ3) is 3.99. The molecule has 1 unspecified atom stereocenters. The van der Waals surface area contributed by atoms with E-state index in [1.807, 2.05) is 0 Å². The van der Waals surface area contributed by atoms with Crippen molar-refractivity contribution in [3.05, 3.63) is 29.8 Å². The first-order valence-corrected chi connectivity index (χ1v) is 7.97. The van der Waals surface area contributed by atoms with E-state index in [1.165, 1.54) is 24.9 Å². The second kappa shape index (κ2) is 6.62. The van der Waals surface area contributed by atoms with Crippen molar-refractivity contribution in [2.75, 3.05) is 19.7 Å². The SMILES string of the molecule is CCN(CCCC(C)(C)C)C1CCOc2ccccc21. The van der Waals surface area contributed by atoms with Gasteiger partial charge in [0.1, 0.15) is 5.75 Å². The molecule has 1 aliphatic rings. The van der Waals surface area contributed by atoms with Crippen LogP contribution in [0.3, 0.4) is 0 Å². The maximum atomic E-state index is 5.78. The summed E-state index contributed by atoms with van der Waals surface area (Å²) in [7, 11) is 0. The van der Waals surface area contributed by atoms with Gasteiger partial charge in [0.25, 0.3) is 0 Å². The monoisotopic (exact) mass is 275 g/mol. The van der Waals surface area contributed by atoms with Crippen LogP contribution in [-0.2, 0) is 0 Å². The van der Waals surface area contributed by atoms with Gasteiger partial charge in [0.05, 0.1) is 6.61 Å². The van der Waals surface area contributed by atoms with Crippen LogP contribution in [0, 0.1) is 5.41 Å². The molecule has 0 saturated heterocycles. The van der Waals surface area contributed by atoms with Crippen LogP contribution >= 0.6 is 0 Å². The predicted octanol–water partition coefficient (Wildman–Crippen LogP) is 4.66. The van der Waals surface area contributed by atoms with Gasteiger partial charge in [0.2, 0.25) is 0 Å². The molecule has 1 aliphatic heterocycles. The van der Waals surface area contributed by atoms with Gasteiger partial charge in [-0.05, 0) is 37.4 Å². The number of fused-ring (bicyclic) bond motifs is 1. The lowest BCUT2D eigenvalue weighted by Crippen LogP contribution is -2.33. The lowest BCUT2D eigenvalue weighted by Gasteiger charge is -2.35. The molecule has 0 aliphatic carbocycles. The molecule has 0 amide bonds. The summed E-state index contributed by atoms with van der Waals surface area (Å²) in [4.78, 5) is 2.62. The third-order valence-corrected chi connectivity index (χ3v) is 4.15. The average Bonchev–Trinajstić information content (AvgIpc) is 2.42. The number of para-hydroxylation sites is 1. The minimum Gasteiger partial charge on any atom is -0.493 e. The van der Waals surface area contributed by atoms with E-state index in [2.05, 4.69) is 56.9 Å². The zero-order chi connectivity index (χ0) is 14.6. The van der Waals surface area contributed by atoms with E-state index < -0.39 is 0 Å². The number of hydrogen-bond donors (Lipinski definition) is 0. The van der Waals surface area contributed by atoms with Crippen LogP contribution in [0.5, 0.6) is 5.75 Å². The molecule has 1 atom stereocenters.